The van der Waals surface area contributed by atoms with Gasteiger partial charge in [-0.15, -0.1) is 0 Å². The largest absolute Gasteiger partial charge is 0.466 e. The second-order valence-corrected chi connectivity index (χ2v) is 5.49. The average molecular weight is 368 g/mol. The Kier molecular flexibility index (Phi) is 7.13. The van der Waals surface area contributed by atoms with Gasteiger partial charge in [0.05, 0.1) is 26.7 Å². The van der Waals surface area contributed by atoms with Crippen LogP contribution in [0.5, 0.6) is 0 Å². The second kappa shape index (κ2) is 9.76. The Morgan fingerprint density at radius 1 is 0.889 bits per heavy atom. The number of anilines is 2. The minimum absolute atomic E-state index is 0.0860. The highest BCUT2D eigenvalue weighted by molar-refractivity contribution is 5.99. The number of rotatable bonds is 7. The van der Waals surface area contributed by atoms with Crippen LogP contribution >= 0.6 is 0 Å². The number of carbonyl (C=O) groups excluding carboxylic acids is 3. The maximum atomic E-state index is 12.2. The smallest absolute Gasteiger partial charge is 0.354 e. The normalized spacial score (nSPS) is 10.7. The van der Waals surface area contributed by atoms with Gasteiger partial charge in [0, 0.05) is 11.4 Å². The van der Waals surface area contributed by atoms with Crippen molar-refractivity contribution in [3.8, 4) is 0 Å². The molecule has 0 aromatic heterocycles. The van der Waals surface area contributed by atoms with E-state index in [9.17, 15) is 14.4 Å². The summed E-state index contributed by atoms with van der Waals surface area (Å²) in [5.41, 5.74) is 1.85. The molecule has 27 heavy (non-hydrogen) atoms. The molecule has 1 amide bonds. The van der Waals surface area contributed by atoms with Gasteiger partial charge in [-0.25, -0.2) is 9.59 Å². The van der Waals surface area contributed by atoms with Gasteiger partial charge in [-0.1, -0.05) is 36.4 Å². The molecule has 0 spiro atoms. The zero-order valence-electron chi connectivity index (χ0n) is 15.0. The Bertz CT molecular complexity index is 846. The fraction of sp³-hybridized carbons (Fsp3) is 0.150. The first-order chi connectivity index (χ1) is 13.0. The van der Waals surface area contributed by atoms with E-state index in [1.807, 2.05) is 30.3 Å². The van der Waals surface area contributed by atoms with Crippen molar-refractivity contribution in [3.05, 3.63) is 71.9 Å². The summed E-state index contributed by atoms with van der Waals surface area (Å²) in [7, 11) is 2.41. The Morgan fingerprint density at radius 2 is 1.56 bits per heavy atom. The topological polar surface area (TPSA) is 93.7 Å². The van der Waals surface area contributed by atoms with Crippen LogP contribution in [0.1, 0.15) is 5.56 Å². The predicted molar refractivity (Wildman–Crippen MR) is 101 cm³/mol. The van der Waals surface area contributed by atoms with Gasteiger partial charge in [-0.05, 0) is 23.8 Å². The van der Waals surface area contributed by atoms with Gasteiger partial charge < -0.3 is 20.1 Å². The van der Waals surface area contributed by atoms with Gasteiger partial charge in [-0.2, -0.15) is 0 Å². The van der Waals surface area contributed by atoms with Crippen LogP contribution in [0.15, 0.2) is 66.4 Å². The van der Waals surface area contributed by atoms with E-state index in [4.69, 9.17) is 0 Å². The van der Waals surface area contributed by atoms with Gasteiger partial charge in [0.15, 0.2) is 0 Å². The Balaban J connectivity index is 2.09. The van der Waals surface area contributed by atoms with Crippen molar-refractivity contribution in [2.45, 2.75) is 6.42 Å². The molecular weight excluding hydrogens is 348 g/mol. The summed E-state index contributed by atoms with van der Waals surface area (Å²) in [5, 5.41) is 5.59. The molecule has 7 nitrogen and oxygen atoms in total. The minimum Gasteiger partial charge on any atom is -0.466 e. The summed E-state index contributed by atoms with van der Waals surface area (Å²) >= 11 is 0. The molecule has 0 radical (unpaired) electrons. The van der Waals surface area contributed by atoms with Crippen molar-refractivity contribution in [2.75, 3.05) is 24.9 Å². The van der Waals surface area contributed by atoms with E-state index in [1.165, 1.54) is 14.2 Å². The highest BCUT2D eigenvalue weighted by Crippen LogP contribution is 2.18. The predicted octanol–water partition coefficient (Wildman–Crippen LogP) is 2.51. The van der Waals surface area contributed by atoms with E-state index < -0.39 is 11.9 Å². The van der Waals surface area contributed by atoms with Crippen LogP contribution in [0.4, 0.5) is 11.4 Å². The van der Waals surface area contributed by atoms with Crippen molar-refractivity contribution < 1.29 is 23.9 Å². The SMILES string of the molecule is COC(=O)/C=C(/Nc1cccc(NC(=O)Cc2ccccc2)c1)C(=O)OC. The van der Waals surface area contributed by atoms with Gasteiger partial charge in [0.25, 0.3) is 0 Å². The first-order valence-electron chi connectivity index (χ1n) is 8.10. The molecule has 0 fully saturated rings. The molecule has 140 valence electrons. The van der Waals surface area contributed by atoms with E-state index in [0.717, 1.165) is 11.6 Å². The number of hydrogen-bond acceptors (Lipinski definition) is 6. The number of nitrogens with one attached hydrogen (secondary N) is 2. The Labute approximate surface area is 157 Å². The Hall–Kier alpha value is -3.61. The van der Waals surface area contributed by atoms with E-state index in [2.05, 4.69) is 20.1 Å². The maximum absolute atomic E-state index is 12.2. The number of methoxy groups -OCH3 is 2. The molecule has 0 atom stereocenters. The van der Waals surface area contributed by atoms with Gasteiger partial charge >= 0.3 is 11.9 Å². The molecule has 0 aliphatic rings. The van der Waals surface area contributed by atoms with Crippen molar-refractivity contribution in [2.24, 2.45) is 0 Å². The number of carbonyl (C=O) groups is 3. The number of benzene rings is 2. The number of amides is 1. The molecule has 2 N–H and O–H groups in total. The monoisotopic (exact) mass is 368 g/mol. The molecule has 2 aromatic rings. The van der Waals surface area contributed by atoms with E-state index in [0.29, 0.717) is 11.4 Å². The summed E-state index contributed by atoms with van der Waals surface area (Å²) in [6.07, 6.45) is 1.24. The van der Waals surface area contributed by atoms with Crippen molar-refractivity contribution in [1.82, 2.24) is 0 Å². The van der Waals surface area contributed by atoms with E-state index in [1.54, 1.807) is 24.3 Å². The first-order valence-corrected chi connectivity index (χ1v) is 8.10. The van der Waals surface area contributed by atoms with Crippen molar-refractivity contribution in [3.63, 3.8) is 0 Å². The molecule has 0 saturated carbocycles. The number of hydrogen-bond donors (Lipinski definition) is 2. The summed E-state index contributed by atoms with van der Waals surface area (Å²) < 4.78 is 9.17. The summed E-state index contributed by atoms with van der Waals surface area (Å²) in [4.78, 5) is 35.4. The van der Waals surface area contributed by atoms with Gasteiger partial charge in [0.2, 0.25) is 5.91 Å². The van der Waals surface area contributed by atoms with Crippen LogP contribution in [-0.2, 0) is 30.3 Å². The number of esters is 2. The molecule has 0 aliphatic carbocycles. The van der Waals surface area contributed by atoms with Gasteiger partial charge in [0.1, 0.15) is 5.70 Å². The van der Waals surface area contributed by atoms with Crippen molar-refractivity contribution in [1.29, 1.82) is 0 Å². The third kappa shape index (κ3) is 6.32. The molecule has 2 rings (SSSR count). The van der Waals surface area contributed by atoms with Gasteiger partial charge in [-0.3, -0.25) is 4.79 Å². The molecule has 0 aliphatic heterocycles. The lowest BCUT2D eigenvalue weighted by Gasteiger charge is -2.11. The molecule has 0 unspecified atom stereocenters. The summed E-state index contributed by atoms with van der Waals surface area (Å²) in [6.45, 7) is 0. The minimum atomic E-state index is -0.723. The van der Waals surface area contributed by atoms with Crippen LogP contribution in [-0.4, -0.2) is 32.1 Å². The first kappa shape index (κ1) is 19.7. The third-order valence-corrected chi connectivity index (χ3v) is 3.50. The lowest BCUT2D eigenvalue weighted by molar-refractivity contribution is -0.138. The van der Waals surface area contributed by atoms with E-state index in [-0.39, 0.29) is 18.0 Å². The highest BCUT2D eigenvalue weighted by Gasteiger charge is 2.13. The van der Waals surface area contributed by atoms with Crippen LogP contribution < -0.4 is 10.6 Å². The standard InChI is InChI=1S/C20H20N2O5/c1-26-19(24)13-17(20(25)27-2)21-15-9-6-10-16(12-15)22-18(23)11-14-7-4-3-5-8-14/h3-10,12-13,21H,11H2,1-2H3,(H,22,23)/b17-13+. The zero-order valence-corrected chi connectivity index (χ0v) is 15.0. The molecule has 2 aromatic carbocycles. The summed E-state index contributed by atoms with van der Waals surface area (Å²) in [5.74, 6) is -1.59. The van der Waals surface area contributed by atoms with Crippen LogP contribution in [0.3, 0.4) is 0 Å². The lowest BCUT2D eigenvalue weighted by atomic mass is 10.1. The fourth-order valence-electron chi connectivity index (χ4n) is 2.25. The molecular formula is C20H20N2O5. The highest BCUT2D eigenvalue weighted by atomic mass is 16.5. The molecule has 0 heterocycles. The zero-order chi connectivity index (χ0) is 19.6. The summed E-state index contributed by atoms with van der Waals surface area (Å²) in [6, 6.07) is 16.1. The number of ether oxygens (including phenoxy) is 2. The van der Waals surface area contributed by atoms with Crippen LogP contribution in [0, 0.1) is 0 Å². The maximum Gasteiger partial charge on any atom is 0.354 e. The van der Waals surface area contributed by atoms with Crippen molar-refractivity contribution >= 4 is 29.2 Å². The molecule has 0 saturated heterocycles. The molecule has 7 heteroatoms. The van der Waals surface area contributed by atoms with Crippen LogP contribution in [0.25, 0.3) is 0 Å². The van der Waals surface area contributed by atoms with E-state index >= 15 is 0 Å². The lowest BCUT2D eigenvalue weighted by Crippen LogP contribution is -2.16. The third-order valence-electron chi connectivity index (χ3n) is 3.50. The second-order valence-electron chi connectivity index (χ2n) is 5.49. The van der Waals surface area contributed by atoms with Crippen LogP contribution in [0.2, 0.25) is 0 Å². The quantitative estimate of drug-likeness (QED) is 0.576. The average Bonchev–Trinajstić information content (AvgIpc) is 2.67. The molecule has 0 bridgehead atoms. The fourth-order valence-corrected chi connectivity index (χ4v) is 2.25. The Morgan fingerprint density at radius 3 is 2.19 bits per heavy atom.